The highest BCUT2D eigenvalue weighted by Crippen LogP contribution is 2.38. The van der Waals surface area contributed by atoms with Crippen LogP contribution in [0.4, 0.5) is 0 Å². The van der Waals surface area contributed by atoms with Crippen LogP contribution in [0.2, 0.25) is 0 Å². The molecule has 0 spiro atoms. The molecule has 5 heteroatoms. The highest BCUT2D eigenvalue weighted by atomic mass is 32.2. The summed E-state index contributed by atoms with van der Waals surface area (Å²) in [5, 5.41) is 0. The molecule has 21 heavy (non-hydrogen) atoms. The molecule has 2 atom stereocenters. The molecule has 118 valence electrons. The molecule has 0 saturated carbocycles. The van der Waals surface area contributed by atoms with Gasteiger partial charge >= 0.3 is 0 Å². The zero-order valence-corrected chi connectivity index (χ0v) is 14.2. The van der Waals surface area contributed by atoms with Gasteiger partial charge in [0, 0.05) is 36.4 Å². The quantitative estimate of drug-likeness (QED) is 0.837. The Labute approximate surface area is 132 Å². The molecule has 1 aliphatic heterocycles. The Morgan fingerprint density at radius 2 is 2.29 bits per heavy atom. The van der Waals surface area contributed by atoms with Crippen molar-refractivity contribution in [3.8, 4) is 11.5 Å². The van der Waals surface area contributed by atoms with Crippen LogP contribution in [0.1, 0.15) is 24.1 Å². The predicted molar refractivity (Wildman–Crippen MR) is 89.6 cm³/mol. The van der Waals surface area contributed by atoms with Gasteiger partial charge in [-0.05, 0) is 32.4 Å². The third kappa shape index (κ3) is 3.65. The van der Waals surface area contributed by atoms with Gasteiger partial charge in [0.15, 0.2) is 0 Å². The number of thioether (sulfide) groups is 1. The summed E-state index contributed by atoms with van der Waals surface area (Å²) in [6.07, 6.45) is 3.31. The van der Waals surface area contributed by atoms with Crippen LogP contribution < -0.4 is 15.2 Å². The van der Waals surface area contributed by atoms with E-state index >= 15 is 0 Å². The average molecular weight is 310 g/mol. The minimum atomic E-state index is 0.150. The Kier molecular flexibility index (Phi) is 5.79. The van der Waals surface area contributed by atoms with Gasteiger partial charge < -0.3 is 15.2 Å². The molecule has 0 radical (unpaired) electrons. The monoisotopic (exact) mass is 310 g/mol. The van der Waals surface area contributed by atoms with Crippen LogP contribution in [0.15, 0.2) is 12.1 Å². The zero-order valence-electron chi connectivity index (χ0n) is 13.4. The van der Waals surface area contributed by atoms with Gasteiger partial charge in [-0.2, -0.15) is 11.8 Å². The Morgan fingerprint density at radius 3 is 2.90 bits per heavy atom. The lowest BCUT2D eigenvalue weighted by Crippen LogP contribution is -2.32. The number of benzene rings is 1. The number of nitrogens with two attached hydrogens (primary N) is 1. The first-order valence-corrected chi connectivity index (χ1v) is 8.76. The van der Waals surface area contributed by atoms with E-state index in [2.05, 4.69) is 37.3 Å². The summed E-state index contributed by atoms with van der Waals surface area (Å²) in [6, 6.07) is 4.38. The lowest BCUT2D eigenvalue weighted by Gasteiger charge is -2.28. The second-order valence-electron chi connectivity index (χ2n) is 5.56. The van der Waals surface area contributed by atoms with Crippen LogP contribution in [-0.2, 0) is 6.42 Å². The second kappa shape index (κ2) is 7.38. The molecule has 0 aliphatic carbocycles. The van der Waals surface area contributed by atoms with Crippen LogP contribution >= 0.6 is 11.8 Å². The zero-order chi connectivity index (χ0) is 15.4. The van der Waals surface area contributed by atoms with E-state index in [9.17, 15) is 0 Å². The smallest absolute Gasteiger partial charge is 0.124 e. The highest BCUT2D eigenvalue weighted by molar-refractivity contribution is 7.98. The molecule has 0 aromatic heterocycles. The van der Waals surface area contributed by atoms with E-state index < -0.39 is 0 Å². The number of nitrogens with zero attached hydrogens (tertiary/aromatic N) is 1. The van der Waals surface area contributed by atoms with E-state index in [1.165, 1.54) is 5.56 Å². The van der Waals surface area contributed by atoms with E-state index in [0.717, 1.165) is 35.8 Å². The first-order valence-electron chi connectivity index (χ1n) is 7.37. The Balaban J connectivity index is 2.30. The maximum absolute atomic E-state index is 6.03. The molecule has 2 rings (SSSR count). The van der Waals surface area contributed by atoms with E-state index in [4.69, 9.17) is 15.2 Å². The third-order valence-electron chi connectivity index (χ3n) is 4.01. The molecule has 1 heterocycles. The predicted octanol–water partition coefficient (Wildman–Crippen LogP) is 2.31. The van der Waals surface area contributed by atoms with Crippen LogP contribution in [0.25, 0.3) is 0 Å². The van der Waals surface area contributed by atoms with Gasteiger partial charge in [0.05, 0.1) is 13.2 Å². The van der Waals surface area contributed by atoms with Gasteiger partial charge in [0.25, 0.3) is 0 Å². The van der Waals surface area contributed by atoms with E-state index in [1.807, 2.05) is 11.8 Å². The summed E-state index contributed by atoms with van der Waals surface area (Å²) >= 11 is 1.84. The molecule has 1 aromatic rings. The third-order valence-corrected chi connectivity index (χ3v) is 4.60. The molecular formula is C16H26N2O2S. The largest absolute Gasteiger partial charge is 0.496 e. The summed E-state index contributed by atoms with van der Waals surface area (Å²) in [6.45, 7) is 3.66. The standard InChI is InChI=1S/C16H26N2O2S/c1-11-7-12-8-16(19-3)13(9-15(12)20-11)14(10-17)18(2)5-6-21-4/h8-9,11,14H,5-7,10,17H2,1-4H3. The van der Waals surface area contributed by atoms with Crippen LogP contribution in [0, 0.1) is 0 Å². The number of likely N-dealkylation sites (N-methyl/N-ethyl adjacent to an activating group) is 1. The van der Waals surface area contributed by atoms with Crippen molar-refractivity contribution in [1.29, 1.82) is 0 Å². The van der Waals surface area contributed by atoms with Gasteiger partial charge in [-0.25, -0.2) is 0 Å². The Morgan fingerprint density at radius 1 is 1.52 bits per heavy atom. The van der Waals surface area contributed by atoms with Crippen molar-refractivity contribution in [2.24, 2.45) is 5.73 Å². The molecule has 0 bridgehead atoms. The molecule has 4 nitrogen and oxygen atoms in total. The number of ether oxygens (including phenoxy) is 2. The Bertz CT molecular complexity index is 482. The first-order chi connectivity index (χ1) is 10.1. The molecule has 0 saturated heterocycles. The topological polar surface area (TPSA) is 47.7 Å². The number of hydrogen-bond acceptors (Lipinski definition) is 5. The summed E-state index contributed by atoms with van der Waals surface area (Å²) in [4.78, 5) is 2.29. The maximum Gasteiger partial charge on any atom is 0.124 e. The lowest BCUT2D eigenvalue weighted by atomic mass is 10.0. The number of hydrogen-bond donors (Lipinski definition) is 1. The van der Waals surface area contributed by atoms with Crippen molar-refractivity contribution >= 4 is 11.8 Å². The van der Waals surface area contributed by atoms with Crippen molar-refractivity contribution in [3.05, 3.63) is 23.3 Å². The minimum absolute atomic E-state index is 0.150. The summed E-state index contributed by atoms with van der Waals surface area (Å²) in [7, 11) is 3.84. The molecule has 2 unspecified atom stereocenters. The van der Waals surface area contributed by atoms with Gasteiger partial charge in [0.2, 0.25) is 0 Å². The highest BCUT2D eigenvalue weighted by Gasteiger charge is 2.26. The molecular weight excluding hydrogens is 284 g/mol. The fourth-order valence-corrected chi connectivity index (χ4v) is 3.30. The maximum atomic E-state index is 6.03. The van der Waals surface area contributed by atoms with Crippen molar-refractivity contribution in [2.45, 2.75) is 25.5 Å². The van der Waals surface area contributed by atoms with Gasteiger partial charge in [0.1, 0.15) is 17.6 Å². The second-order valence-corrected chi connectivity index (χ2v) is 6.54. The first kappa shape index (κ1) is 16.5. The fraction of sp³-hybridized carbons (Fsp3) is 0.625. The van der Waals surface area contributed by atoms with Gasteiger partial charge in [-0.3, -0.25) is 4.90 Å². The summed E-state index contributed by atoms with van der Waals surface area (Å²) in [5.74, 6) is 2.99. The van der Waals surface area contributed by atoms with E-state index in [-0.39, 0.29) is 12.1 Å². The van der Waals surface area contributed by atoms with Crippen molar-refractivity contribution < 1.29 is 9.47 Å². The van der Waals surface area contributed by atoms with Crippen molar-refractivity contribution in [3.63, 3.8) is 0 Å². The number of rotatable bonds is 7. The number of methoxy groups -OCH3 is 1. The average Bonchev–Trinajstić information content (AvgIpc) is 2.84. The SMILES string of the molecule is COc1cc2c(cc1C(CN)N(C)CCSC)OC(C)C2. The minimum Gasteiger partial charge on any atom is -0.496 e. The molecule has 2 N–H and O–H groups in total. The molecule has 1 aliphatic rings. The van der Waals surface area contributed by atoms with Crippen molar-refractivity contribution in [2.75, 3.05) is 39.3 Å². The van der Waals surface area contributed by atoms with Crippen molar-refractivity contribution in [1.82, 2.24) is 4.90 Å². The molecule has 1 aromatic carbocycles. The van der Waals surface area contributed by atoms with E-state index in [0.29, 0.717) is 6.54 Å². The van der Waals surface area contributed by atoms with Crippen LogP contribution in [0.3, 0.4) is 0 Å². The normalized spacial score (nSPS) is 18.5. The summed E-state index contributed by atoms with van der Waals surface area (Å²) < 4.78 is 11.5. The molecule has 0 amide bonds. The Hall–Kier alpha value is -0.910. The van der Waals surface area contributed by atoms with E-state index in [1.54, 1.807) is 7.11 Å². The number of fused-ring (bicyclic) bond motifs is 1. The lowest BCUT2D eigenvalue weighted by molar-refractivity contribution is 0.248. The fourth-order valence-electron chi connectivity index (χ4n) is 2.83. The van der Waals surface area contributed by atoms with Gasteiger partial charge in [-0.15, -0.1) is 0 Å². The summed E-state index contributed by atoms with van der Waals surface area (Å²) in [5.41, 5.74) is 8.38. The molecule has 0 fully saturated rings. The van der Waals surface area contributed by atoms with Crippen LogP contribution in [0.5, 0.6) is 11.5 Å². The van der Waals surface area contributed by atoms with Crippen LogP contribution in [-0.4, -0.2) is 50.3 Å². The van der Waals surface area contributed by atoms with Gasteiger partial charge in [-0.1, -0.05) is 0 Å².